The summed E-state index contributed by atoms with van der Waals surface area (Å²) in [4.78, 5) is 11.7. The smallest absolute Gasteiger partial charge is 0.194 e. The van der Waals surface area contributed by atoms with Gasteiger partial charge in [-0.25, -0.2) is 4.39 Å². The van der Waals surface area contributed by atoms with Gasteiger partial charge >= 0.3 is 0 Å². The van der Waals surface area contributed by atoms with Crippen LogP contribution in [0.15, 0.2) is 16.6 Å². The van der Waals surface area contributed by atoms with Gasteiger partial charge in [0.1, 0.15) is 6.10 Å². The van der Waals surface area contributed by atoms with Crippen LogP contribution < -0.4 is 0 Å². The maximum Gasteiger partial charge on any atom is 0.194 e. The molecule has 0 aliphatic heterocycles. The zero-order valence-corrected chi connectivity index (χ0v) is 11.1. The summed E-state index contributed by atoms with van der Waals surface area (Å²) in [6.45, 7) is 3.36. The van der Waals surface area contributed by atoms with Crippen molar-refractivity contribution in [2.24, 2.45) is 5.92 Å². The fraction of sp³-hybridized carbons (Fsp3) is 0.364. The summed E-state index contributed by atoms with van der Waals surface area (Å²) < 4.78 is 14.0. The number of carbonyl (C=O) groups excluding carboxylic acids is 1. The Morgan fingerprint density at radius 1 is 1.50 bits per heavy atom. The summed E-state index contributed by atoms with van der Waals surface area (Å²) in [5.74, 6) is -1.73. The van der Waals surface area contributed by atoms with Crippen LogP contribution in [-0.4, -0.2) is 17.0 Å². The van der Waals surface area contributed by atoms with Crippen LogP contribution in [0.2, 0.25) is 5.02 Å². The van der Waals surface area contributed by atoms with Gasteiger partial charge in [0.2, 0.25) is 0 Å². The van der Waals surface area contributed by atoms with E-state index < -0.39 is 17.7 Å². The second kappa shape index (κ2) is 5.25. The van der Waals surface area contributed by atoms with Crippen molar-refractivity contribution in [1.29, 1.82) is 0 Å². The molecule has 1 unspecified atom stereocenters. The molecule has 2 nitrogen and oxygen atoms in total. The number of hydrogen-bond donors (Lipinski definition) is 1. The van der Waals surface area contributed by atoms with Crippen molar-refractivity contribution >= 4 is 33.3 Å². The molecular weight excluding hydrogens is 298 g/mol. The van der Waals surface area contributed by atoms with Gasteiger partial charge in [-0.2, -0.15) is 0 Å². The molecule has 0 saturated carbocycles. The van der Waals surface area contributed by atoms with Crippen molar-refractivity contribution in [3.8, 4) is 0 Å². The highest BCUT2D eigenvalue weighted by Crippen LogP contribution is 2.28. The third-order valence-electron chi connectivity index (χ3n) is 2.20. The van der Waals surface area contributed by atoms with Gasteiger partial charge in [-0.1, -0.05) is 25.4 Å². The molecule has 5 heteroatoms. The van der Waals surface area contributed by atoms with E-state index in [1.54, 1.807) is 13.8 Å². The van der Waals surface area contributed by atoms with Crippen LogP contribution in [0.25, 0.3) is 0 Å². The van der Waals surface area contributed by atoms with Crippen LogP contribution in [0.5, 0.6) is 0 Å². The Morgan fingerprint density at radius 2 is 2.06 bits per heavy atom. The SMILES string of the molecule is CC(C)C(O)C(=O)c1ccc(Br)c(Cl)c1F. The number of carbonyl (C=O) groups is 1. The molecular formula is C11H11BrClFO2. The number of rotatable bonds is 3. The molecule has 16 heavy (non-hydrogen) atoms. The molecule has 0 aliphatic rings. The van der Waals surface area contributed by atoms with Crippen LogP contribution in [0, 0.1) is 11.7 Å². The van der Waals surface area contributed by atoms with E-state index in [0.717, 1.165) is 0 Å². The minimum atomic E-state index is -1.22. The quantitative estimate of drug-likeness (QED) is 0.686. The molecule has 0 saturated heterocycles. The van der Waals surface area contributed by atoms with Crippen molar-refractivity contribution in [3.63, 3.8) is 0 Å². The first-order valence-corrected chi connectivity index (χ1v) is 5.89. The predicted molar refractivity (Wildman–Crippen MR) is 64.3 cm³/mol. The molecule has 1 atom stereocenters. The van der Waals surface area contributed by atoms with Crippen LogP contribution in [0.3, 0.4) is 0 Å². The van der Waals surface area contributed by atoms with Crippen LogP contribution in [0.1, 0.15) is 24.2 Å². The molecule has 0 bridgehead atoms. The standard InChI is InChI=1S/C11H11BrClFO2/c1-5(2)10(15)11(16)6-3-4-7(12)8(13)9(6)14/h3-5,10,15H,1-2H3. The lowest BCUT2D eigenvalue weighted by atomic mass is 9.97. The van der Waals surface area contributed by atoms with Gasteiger partial charge < -0.3 is 5.11 Å². The van der Waals surface area contributed by atoms with Gasteiger partial charge in [0.15, 0.2) is 11.6 Å². The lowest BCUT2D eigenvalue weighted by Gasteiger charge is -2.14. The van der Waals surface area contributed by atoms with Gasteiger partial charge in [-0.3, -0.25) is 4.79 Å². The van der Waals surface area contributed by atoms with Crippen molar-refractivity contribution in [3.05, 3.63) is 33.0 Å². The lowest BCUT2D eigenvalue weighted by Crippen LogP contribution is -2.27. The molecule has 1 aromatic carbocycles. The van der Waals surface area contributed by atoms with E-state index in [9.17, 15) is 14.3 Å². The fourth-order valence-corrected chi connectivity index (χ4v) is 1.65. The van der Waals surface area contributed by atoms with Crippen LogP contribution in [0.4, 0.5) is 4.39 Å². The first-order chi connectivity index (χ1) is 7.36. The summed E-state index contributed by atoms with van der Waals surface area (Å²) >= 11 is 8.70. The lowest BCUT2D eigenvalue weighted by molar-refractivity contribution is 0.0643. The molecule has 1 N–H and O–H groups in total. The molecule has 1 aromatic rings. The van der Waals surface area contributed by atoms with Gasteiger partial charge in [-0.15, -0.1) is 0 Å². The van der Waals surface area contributed by atoms with E-state index in [1.807, 2.05) is 0 Å². The summed E-state index contributed by atoms with van der Waals surface area (Å²) in [5.41, 5.74) is -0.186. The van der Waals surface area contributed by atoms with Gasteiger partial charge in [-0.05, 0) is 34.0 Å². The number of Topliss-reactive ketones (excluding diaryl/α,β-unsaturated/α-hetero) is 1. The molecule has 0 aliphatic carbocycles. The molecule has 88 valence electrons. The molecule has 0 heterocycles. The van der Waals surface area contributed by atoms with E-state index in [2.05, 4.69) is 15.9 Å². The summed E-state index contributed by atoms with van der Waals surface area (Å²) in [6, 6.07) is 2.78. The Kier molecular flexibility index (Phi) is 4.47. The van der Waals surface area contributed by atoms with E-state index in [-0.39, 0.29) is 16.5 Å². The van der Waals surface area contributed by atoms with E-state index >= 15 is 0 Å². The second-order valence-corrected chi connectivity index (χ2v) is 5.01. The minimum absolute atomic E-state index is 0.151. The van der Waals surface area contributed by atoms with Gasteiger partial charge in [0.25, 0.3) is 0 Å². The maximum absolute atomic E-state index is 13.6. The summed E-state index contributed by atoms with van der Waals surface area (Å²) in [6.07, 6.45) is -1.22. The van der Waals surface area contributed by atoms with Gasteiger partial charge in [0.05, 0.1) is 10.6 Å². The molecule has 0 radical (unpaired) electrons. The average molecular weight is 310 g/mol. The molecule has 1 rings (SSSR count). The Bertz CT molecular complexity index is 421. The average Bonchev–Trinajstić information content (AvgIpc) is 2.24. The Morgan fingerprint density at radius 3 is 2.56 bits per heavy atom. The Hall–Kier alpha value is -0.450. The zero-order valence-electron chi connectivity index (χ0n) is 8.80. The van der Waals surface area contributed by atoms with Crippen LogP contribution >= 0.6 is 27.5 Å². The minimum Gasteiger partial charge on any atom is -0.385 e. The number of benzene rings is 1. The monoisotopic (exact) mass is 308 g/mol. The first-order valence-electron chi connectivity index (χ1n) is 4.72. The summed E-state index contributed by atoms with van der Waals surface area (Å²) in [5, 5.41) is 9.41. The van der Waals surface area contributed by atoms with E-state index in [4.69, 9.17) is 11.6 Å². The number of aliphatic hydroxyl groups excluding tert-OH is 1. The molecule has 0 amide bonds. The van der Waals surface area contributed by atoms with Crippen LogP contribution in [-0.2, 0) is 0 Å². The van der Waals surface area contributed by atoms with Crippen molar-refractivity contribution in [1.82, 2.24) is 0 Å². The maximum atomic E-state index is 13.6. The largest absolute Gasteiger partial charge is 0.385 e. The normalized spacial score (nSPS) is 12.9. The third-order valence-corrected chi connectivity index (χ3v) is 3.46. The highest BCUT2D eigenvalue weighted by molar-refractivity contribution is 9.10. The highest BCUT2D eigenvalue weighted by Gasteiger charge is 2.24. The van der Waals surface area contributed by atoms with E-state index in [0.29, 0.717) is 4.47 Å². The third kappa shape index (κ3) is 2.62. The molecule has 0 spiro atoms. The molecule has 0 aromatic heterocycles. The summed E-state index contributed by atoms with van der Waals surface area (Å²) in [7, 11) is 0. The topological polar surface area (TPSA) is 37.3 Å². The van der Waals surface area contributed by atoms with Crippen molar-refractivity contribution < 1.29 is 14.3 Å². The van der Waals surface area contributed by atoms with Gasteiger partial charge in [0, 0.05) is 4.47 Å². The first kappa shape index (κ1) is 13.6. The van der Waals surface area contributed by atoms with E-state index in [1.165, 1.54) is 12.1 Å². The number of hydrogen-bond acceptors (Lipinski definition) is 2. The number of ketones is 1. The Balaban J connectivity index is 3.15. The number of halogens is 3. The highest BCUT2D eigenvalue weighted by atomic mass is 79.9. The second-order valence-electron chi connectivity index (χ2n) is 3.78. The predicted octanol–water partition coefficient (Wildman–Crippen LogP) is 3.44. The fourth-order valence-electron chi connectivity index (χ4n) is 1.18. The Labute approximate surface area is 107 Å². The van der Waals surface area contributed by atoms with Crippen molar-refractivity contribution in [2.75, 3.05) is 0 Å². The van der Waals surface area contributed by atoms with Crippen molar-refractivity contribution in [2.45, 2.75) is 20.0 Å². The molecule has 0 fully saturated rings. The zero-order chi connectivity index (χ0) is 12.5. The number of aliphatic hydroxyl groups is 1.